The van der Waals surface area contributed by atoms with Gasteiger partial charge in [0.1, 0.15) is 6.04 Å². The minimum Gasteiger partial charge on any atom is -0.480 e. The van der Waals surface area contributed by atoms with E-state index in [0.29, 0.717) is 0 Å². The standard InChI is InChI=1S/C14H18N2O3/c1-3-10(11-7-5-4-6-9(11)2)8-12(13(17)18)16-14(15)19/h3-7,12H,8H2,1-2H3,(H,17,18)(H3,15,16,19)/b10-3-. The molecule has 2 amide bonds. The van der Waals surface area contributed by atoms with Gasteiger partial charge in [-0.2, -0.15) is 0 Å². The molecule has 102 valence electrons. The number of aryl methyl sites for hydroxylation is 1. The maximum atomic E-state index is 11.1. The van der Waals surface area contributed by atoms with Crippen LogP contribution in [0, 0.1) is 6.92 Å². The molecule has 5 heteroatoms. The van der Waals surface area contributed by atoms with Crippen molar-refractivity contribution in [2.45, 2.75) is 26.3 Å². The predicted octanol–water partition coefficient (Wildman–Crippen LogP) is 1.91. The Balaban J connectivity index is 2.96. The largest absolute Gasteiger partial charge is 0.480 e. The van der Waals surface area contributed by atoms with Gasteiger partial charge in [0.15, 0.2) is 0 Å². The van der Waals surface area contributed by atoms with E-state index < -0.39 is 18.0 Å². The summed E-state index contributed by atoms with van der Waals surface area (Å²) in [4.78, 5) is 21.9. The van der Waals surface area contributed by atoms with Crippen LogP contribution in [0.25, 0.3) is 5.57 Å². The molecule has 0 radical (unpaired) electrons. The highest BCUT2D eigenvalue weighted by molar-refractivity contribution is 5.84. The van der Waals surface area contributed by atoms with Gasteiger partial charge in [0.25, 0.3) is 0 Å². The minimum atomic E-state index is -1.10. The first-order chi connectivity index (χ1) is 8.95. The maximum Gasteiger partial charge on any atom is 0.326 e. The van der Waals surface area contributed by atoms with Crippen molar-refractivity contribution in [1.82, 2.24) is 5.32 Å². The van der Waals surface area contributed by atoms with Crippen molar-refractivity contribution >= 4 is 17.6 Å². The number of carbonyl (C=O) groups excluding carboxylic acids is 1. The summed E-state index contributed by atoms with van der Waals surface area (Å²) in [6.45, 7) is 3.79. The van der Waals surface area contributed by atoms with Crippen molar-refractivity contribution in [2.75, 3.05) is 0 Å². The second-order valence-electron chi connectivity index (χ2n) is 4.23. The Morgan fingerprint density at radius 1 is 1.42 bits per heavy atom. The van der Waals surface area contributed by atoms with Crippen LogP contribution in [0.2, 0.25) is 0 Å². The Morgan fingerprint density at radius 3 is 2.53 bits per heavy atom. The quantitative estimate of drug-likeness (QED) is 0.756. The van der Waals surface area contributed by atoms with Gasteiger partial charge >= 0.3 is 12.0 Å². The second-order valence-corrected chi connectivity index (χ2v) is 4.23. The SMILES string of the molecule is C/C=C(/CC(NC(N)=O)C(=O)O)c1ccccc1C. The van der Waals surface area contributed by atoms with Crippen LogP contribution in [0.1, 0.15) is 24.5 Å². The third-order valence-electron chi connectivity index (χ3n) is 2.88. The number of hydrogen-bond acceptors (Lipinski definition) is 2. The molecule has 0 bridgehead atoms. The molecule has 0 aliphatic carbocycles. The number of primary amides is 1. The fourth-order valence-corrected chi connectivity index (χ4v) is 1.91. The highest BCUT2D eigenvalue weighted by Crippen LogP contribution is 2.23. The molecule has 5 nitrogen and oxygen atoms in total. The molecule has 0 aliphatic heterocycles. The number of amides is 2. The van der Waals surface area contributed by atoms with Gasteiger partial charge in [0, 0.05) is 6.42 Å². The lowest BCUT2D eigenvalue weighted by atomic mass is 9.95. The molecule has 1 rings (SSSR count). The van der Waals surface area contributed by atoms with Gasteiger partial charge in [-0.1, -0.05) is 30.3 Å². The van der Waals surface area contributed by atoms with Gasteiger partial charge in [0.05, 0.1) is 0 Å². The highest BCUT2D eigenvalue weighted by Gasteiger charge is 2.21. The van der Waals surface area contributed by atoms with E-state index in [1.807, 2.05) is 44.2 Å². The molecule has 1 unspecified atom stereocenters. The molecule has 1 aromatic rings. The molecule has 0 fully saturated rings. The first-order valence-corrected chi connectivity index (χ1v) is 5.95. The van der Waals surface area contributed by atoms with Crippen molar-refractivity contribution in [3.63, 3.8) is 0 Å². The fourth-order valence-electron chi connectivity index (χ4n) is 1.91. The van der Waals surface area contributed by atoms with E-state index in [2.05, 4.69) is 5.32 Å². The summed E-state index contributed by atoms with van der Waals surface area (Å²) in [6, 6.07) is 5.83. The maximum absolute atomic E-state index is 11.1. The minimum absolute atomic E-state index is 0.194. The van der Waals surface area contributed by atoms with Gasteiger partial charge in [-0.15, -0.1) is 0 Å². The van der Waals surface area contributed by atoms with Crippen molar-refractivity contribution in [1.29, 1.82) is 0 Å². The zero-order valence-corrected chi connectivity index (χ0v) is 11.0. The van der Waals surface area contributed by atoms with Gasteiger partial charge < -0.3 is 16.2 Å². The lowest BCUT2D eigenvalue weighted by Gasteiger charge is -2.16. The number of hydrogen-bond donors (Lipinski definition) is 3. The number of nitrogens with one attached hydrogen (secondary N) is 1. The molecule has 1 atom stereocenters. The smallest absolute Gasteiger partial charge is 0.326 e. The van der Waals surface area contributed by atoms with Crippen LogP contribution < -0.4 is 11.1 Å². The first-order valence-electron chi connectivity index (χ1n) is 5.95. The number of carboxylic acid groups (broad SMARTS) is 1. The molecule has 0 aliphatic rings. The lowest BCUT2D eigenvalue weighted by molar-refractivity contribution is -0.139. The average molecular weight is 262 g/mol. The Kier molecular flexibility index (Phi) is 5.11. The van der Waals surface area contributed by atoms with E-state index in [9.17, 15) is 9.59 Å². The number of benzene rings is 1. The Hall–Kier alpha value is -2.30. The summed E-state index contributed by atoms with van der Waals surface area (Å²) in [6.07, 6.45) is 2.04. The fraction of sp³-hybridized carbons (Fsp3) is 0.286. The number of urea groups is 1. The number of carboxylic acids is 1. The molecular weight excluding hydrogens is 244 g/mol. The van der Waals surface area contributed by atoms with Crippen LogP contribution in [0.5, 0.6) is 0 Å². The zero-order valence-electron chi connectivity index (χ0n) is 11.0. The molecule has 0 aromatic heterocycles. The molecular formula is C14H18N2O3. The summed E-state index contributed by atoms with van der Waals surface area (Å²) in [5.74, 6) is -1.10. The van der Waals surface area contributed by atoms with Gasteiger partial charge in [-0.25, -0.2) is 9.59 Å². The molecule has 4 N–H and O–H groups in total. The van der Waals surface area contributed by atoms with Crippen LogP contribution in [-0.2, 0) is 4.79 Å². The topological polar surface area (TPSA) is 92.4 Å². The Bertz CT molecular complexity index is 509. The van der Waals surface area contributed by atoms with E-state index >= 15 is 0 Å². The van der Waals surface area contributed by atoms with Crippen molar-refractivity contribution in [2.24, 2.45) is 5.73 Å². The number of aliphatic carboxylic acids is 1. The average Bonchev–Trinajstić information content (AvgIpc) is 2.35. The molecule has 0 saturated carbocycles. The molecule has 1 aromatic carbocycles. The molecule has 0 saturated heterocycles. The molecule has 19 heavy (non-hydrogen) atoms. The summed E-state index contributed by atoms with van der Waals surface area (Å²) in [7, 11) is 0. The third-order valence-corrected chi connectivity index (χ3v) is 2.88. The van der Waals surface area contributed by atoms with E-state index in [1.54, 1.807) is 0 Å². The monoisotopic (exact) mass is 262 g/mol. The van der Waals surface area contributed by atoms with Crippen molar-refractivity contribution in [3.05, 3.63) is 41.5 Å². The normalized spacial score (nSPS) is 12.8. The van der Waals surface area contributed by atoms with Crippen LogP contribution in [0.3, 0.4) is 0 Å². The number of nitrogens with two attached hydrogens (primary N) is 1. The van der Waals surface area contributed by atoms with Crippen LogP contribution in [0.4, 0.5) is 4.79 Å². The first kappa shape index (κ1) is 14.8. The summed E-state index contributed by atoms with van der Waals surface area (Å²) in [5, 5.41) is 11.3. The number of carbonyl (C=O) groups is 2. The van der Waals surface area contributed by atoms with Gasteiger partial charge in [-0.3, -0.25) is 0 Å². The van der Waals surface area contributed by atoms with E-state index in [4.69, 9.17) is 10.8 Å². The second kappa shape index (κ2) is 6.58. The number of rotatable bonds is 5. The van der Waals surface area contributed by atoms with E-state index in [0.717, 1.165) is 16.7 Å². The lowest BCUT2D eigenvalue weighted by Crippen LogP contribution is -2.43. The van der Waals surface area contributed by atoms with Crippen LogP contribution >= 0.6 is 0 Å². The summed E-state index contributed by atoms with van der Waals surface area (Å²) >= 11 is 0. The van der Waals surface area contributed by atoms with Crippen molar-refractivity contribution < 1.29 is 14.7 Å². The summed E-state index contributed by atoms with van der Waals surface area (Å²) in [5.41, 5.74) is 7.87. The zero-order chi connectivity index (χ0) is 14.4. The van der Waals surface area contributed by atoms with Gasteiger partial charge in [0.2, 0.25) is 0 Å². The number of allylic oxidation sites excluding steroid dienone is 1. The summed E-state index contributed by atoms with van der Waals surface area (Å²) < 4.78 is 0. The Labute approximate surface area is 112 Å². The van der Waals surface area contributed by atoms with Crippen molar-refractivity contribution in [3.8, 4) is 0 Å². The van der Waals surface area contributed by atoms with E-state index in [-0.39, 0.29) is 6.42 Å². The predicted molar refractivity (Wildman–Crippen MR) is 73.6 cm³/mol. The molecule has 0 spiro atoms. The van der Waals surface area contributed by atoms with E-state index in [1.165, 1.54) is 0 Å². The van der Waals surface area contributed by atoms with Gasteiger partial charge in [-0.05, 0) is 30.5 Å². The van der Waals surface area contributed by atoms with Crippen LogP contribution in [0.15, 0.2) is 30.3 Å². The third kappa shape index (κ3) is 4.13. The Morgan fingerprint density at radius 2 is 2.05 bits per heavy atom. The highest BCUT2D eigenvalue weighted by atomic mass is 16.4. The van der Waals surface area contributed by atoms with Crippen LogP contribution in [-0.4, -0.2) is 23.1 Å². The molecule has 0 heterocycles.